The minimum atomic E-state index is 1.11. The fourth-order valence-corrected chi connectivity index (χ4v) is 9.61. The third kappa shape index (κ3) is 5.54. The van der Waals surface area contributed by atoms with Gasteiger partial charge in [-0.1, -0.05) is 152 Å². The summed E-state index contributed by atoms with van der Waals surface area (Å²) in [6.45, 7) is 0. The monoisotopic (exact) mass is 729 g/mol. The van der Waals surface area contributed by atoms with E-state index in [1.165, 1.54) is 85.9 Å². The number of nitrogens with zero attached hydrogens (tertiary/aromatic N) is 1. The highest BCUT2D eigenvalue weighted by molar-refractivity contribution is 7.25. The topological polar surface area (TPSA) is 3.24 Å². The van der Waals surface area contributed by atoms with Crippen molar-refractivity contribution in [3.8, 4) is 33.4 Å². The molecule has 1 aromatic heterocycles. The molecule has 0 unspecified atom stereocenters. The van der Waals surface area contributed by atoms with E-state index in [1.807, 2.05) is 11.3 Å². The zero-order valence-electron chi connectivity index (χ0n) is 30.6. The Bertz CT molecular complexity index is 3210. The van der Waals surface area contributed by atoms with Crippen molar-refractivity contribution in [1.82, 2.24) is 0 Å². The molecule has 0 fully saturated rings. The van der Waals surface area contributed by atoms with Crippen LogP contribution in [0.4, 0.5) is 17.1 Å². The van der Waals surface area contributed by atoms with Gasteiger partial charge >= 0.3 is 0 Å². The second-order valence-electron chi connectivity index (χ2n) is 14.5. The van der Waals surface area contributed by atoms with Crippen LogP contribution in [0.5, 0.6) is 0 Å². The minimum absolute atomic E-state index is 1.11. The smallest absolute Gasteiger partial charge is 0.0468 e. The van der Waals surface area contributed by atoms with Crippen molar-refractivity contribution in [3.63, 3.8) is 0 Å². The van der Waals surface area contributed by atoms with E-state index in [4.69, 9.17) is 0 Å². The van der Waals surface area contributed by atoms with Crippen molar-refractivity contribution < 1.29 is 0 Å². The summed E-state index contributed by atoms with van der Waals surface area (Å²) in [6, 6.07) is 77.8. The van der Waals surface area contributed by atoms with Crippen molar-refractivity contribution >= 4 is 80.9 Å². The molecule has 262 valence electrons. The first kappa shape index (κ1) is 32.4. The van der Waals surface area contributed by atoms with Gasteiger partial charge in [0.15, 0.2) is 0 Å². The Morgan fingerprint density at radius 2 is 0.696 bits per heavy atom. The summed E-state index contributed by atoms with van der Waals surface area (Å²) < 4.78 is 2.65. The summed E-state index contributed by atoms with van der Waals surface area (Å²) >= 11 is 1.86. The van der Waals surface area contributed by atoms with Gasteiger partial charge in [0.25, 0.3) is 0 Å². The third-order valence-corrected chi connectivity index (χ3v) is 12.4. The highest BCUT2D eigenvalue weighted by atomic mass is 32.1. The van der Waals surface area contributed by atoms with E-state index >= 15 is 0 Å². The Morgan fingerprint density at radius 3 is 1.43 bits per heavy atom. The predicted octanol–water partition coefficient (Wildman–Crippen LogP) is 16.0. The Hall–Kier alpha value is -7.00. The van der Waals surface area contributed by atoms with Crippen LogP contribution in [0.1, 0.15) is 0 Å². The lowest BCUT2D eigenvalue weighted by atomic mass is 9.94. The Labute approximate surface area is 330 Å². The molecule has 56 heavy (non-hydrogen) atoms. The van der Waals surface area contributed by atoms with Crippen LogP contribution >= 0.6 is 11.3 Å². The molecule has 0 saturated heterocycles. The number of hydrogen-bond acceptors (Lipinski definition) is 2. The van der Waals surface area contributed by atoms with Gasteiger partial charge in [0, 0.05) is 37.2 Å². The molecule has 11 aromatic rings. The Kier molecular flexibility index (Phi) is 7.75. The van der Waals surface area contributed by atoms with Crippen LogP contribution in [0.3, 0.4) is 0 Å². The molecule has 0 saturated carbocycles. The maximum absolute atomic E-state index is 2.41. The maximum atomic E-state index is 2.41. The number of fused-ring (bicyclic) bond motifs is 9. The zero-order valence-corrected chi connectivity index (χ0v) is 31.4. The number of hydrogen-bond donors (Lipinski definition) is 0. The van der Waals surface area contributed by atoms with E-state index in [2.05, 4.69) is 217 Å². The summed E-state index contributed by atoms with van der Waals surface area (Å²) in [5.41, 5.74) is 10.6. The predicted molar refractivity (Wildman–Crippen MR) is 243 cm³/mol. The van der Waals surface area contributed by atoms with E-state index in [0.29, 0.717) is 0 Å². The van der Waals surface area contributed by atoms with Crippen LogP contribution in [-0.2, 0) is 0 Å². The Balaban J connectivity index is 1.07. The number of rotatable bonds is 6. The summed E-state index contributed by atoms with van der Waals surface area (Å²) in [7, 11) is 0. The van der Waals surface area contributed by atoms with E-state index in [-0.39, 0.29) is 0 Å². The molecular weight excluding hydrogens is 695 g/mol. The zero-order chi connectivity index (χ0) is 37.0. The number of anilines is 3. The van der Waals surface area contributed by atoms with Gasteiger partial charge in [0.05, 0.1) is 0 Å². The summed E-state index contributed by atoms with van der Waals surface area (Å²) in [6.07, 6.45) is 0. The highest BCUT2D eigenvalue weighted by Crippen LogP contribution is 2.43. The van der Waals surface area contributed by atoms with Gasteiger partial charge in [-0.2, -0.15) is 0 Å². The molecule has 0 radical (unpaired) electrons. The lowest BCUT2D eigenvalue weighted by Gasteiger charge is -2.27. The minimum Gasteiger partial charge on any atom is -0.310 e. The van der Waals surface area contributed by atoms with Gasteiger partial charge in [0.1, 0.15) is 0 Å². The van der Waals surface area contributed by atoms with Gasteiger partial charge in [-0.05, 0) is 126 Å². The summed E-state index contributed by atoms with van der Waals surface area (Å²) in [4.78, 5) is 2.41. The van der Waals surface area contributed by atoms with Crippen LogP contribution in [0.2, 0.25) is 0 Å². The molecule has 0 spiro atoms. The lowest BCUT2D eigenvalue weighted by molar-refractivity contribution is 1.29. The van der Waals surface area contributed by atoms with Gasteiger partial charge < -0.3 is 4.90 Å². The van der Waals surface area contributed by atoms with Crippen molar-refractivity contribution in [3.05, 3.63) is 212 Å². The molecule has 0 aliphatic carbocycles. The SMILES string of the molecule is c1ccc(-c2cccc(-c3cccc(N(c4ccc(-c5ccc6sc7ccccc7c6c5)cc4)c4ccc5c6ccccc6c6ccccc6c5c4)c3)c2)cc1. The quantitative estimate of drug-likeness (QED) is 0.154. The van der Waals surface area contributed by atoms with Crippen LogP contribution in [-0.4, -0.2) is 0 Å². The molecule has 0 aliphatic rings. The van der Waals surface area contributed by atoms with Crippen LogP contribution < -0.4 is 4.90 Å². The Morgan fingerprint density at radius 1 is 0.232 bits per heavy atom. The van der Waals surface area contributed by atoms with Crippen molar-refractivity contribution in [2.24, 2.45) is 0 Å². The van der Waals surface area contributed by atoms with Crippen LogP contribution in [0.25, 0.3) is 85.9 Å². The summed E-state index contributed by atoms with van der Waals surface area (Å²) in [5, 5.41) is 10.3. The van der Waals surface area contributed by atoms with Gasteiger partial charge in [-0.3, -0.25) is 0 Å². The van der Waals surface area contributed by atoms with Crippen LogP contribution in [0, 0.1) is 0 Å². The molecule has 2 heteroatoms. The standard InChI is InChI=1S/C54H35NS/c1-2-12-36(13-3-1)38-14-10-15-39(32-38)40-16-11-17-43(33-40)55(44-29-30-49-47-20-5-4-18-45(47)46-19-6-7-21-48(46)51(49)35-44)42-27-24-37(25-28-42)41-26-31-54-52(34-41)50-22-8-9-23-53(50)56-54/h1-35H. The lowest BCUT2D eigenvalue weighted by Crippen LogP contribution is -2.10. The van der Waals surface area contributed by atoms with E-state index < -0.39 is 0 Å². The highest BCUT2D eigenvalue weighted by Gasteiger charge is 2.17. The molecule has 0 N–H and O–H groups in total. The first-order valence-corrected chi connectivity index (χ1v) is 20.0. The molecule has 1 nitrogen and oxygen atoms in total. The molecule has 0 bridgehead atoms. The van der Waals surface area contributed by atoms with Crippen molar-refractivity contribution in [2.75, 3.05) is 4.90 Å². The molecular formula is C54H35NS. The first-order chi connectivity index (χ1) is 27.7. The normalized spacial score (nSPS) is 11.6. The van der Waals surface area contributed by atoms with Crippen molar-refractivity contribution in [1.29, 1.82) is 0 Å². The molecule has 0 aliphatic heterocycles. The van der Waals surface area contributed by atoms with Gasteiger partial charge in [0.2, 0.25) is 0 Å². The second kappa shape index (κ2) is 13.4. The third-order valence-electron chi connectivity index (χ3n) is 11.2. The molecule has 10 aromatic carbocycles. The number of benzene rings is 10. The summed E-state index contributed by atoms with van der Waals surface area (Å²) in [5.74, 6) is 0. The van der Waals surface area contributed by atoms with Gasteiger partial charge in [-0.15, -0.1) is 11.3 Å². The van der Waals surface area contributed by atoms with E-state index in [1.54, 1.807) is 0 Å². The molecule has 1 heterocycles. The fourth-order valence-electron chi connectivity index (χ4n) is 8.52. The number of thiophene rings is 1. The van der Waals surface area contributed by atoms with Gasteiger partial charge in [-0.25, -0.2) is 0 Å². The molecule has 0 atom stereocenters. The van der Waals surface area contributed by atoms with E-state index in [0.717, 1.165) is 17.1 Å². The largest absolute Gasteiger partial charge is 0.310 e. The van der Waals surface area contributed by atoms with Crippen LogP contribution in [0.15, 0.2) is 212 Å². The first-order valence-electron chi connectivity index (χ1n) is 19.2. The average Bonchev–Trinajstić information content (AvgIpc) is 3.65. The fraction of sp³-hybridized carbons (Fsp3) is 0. The molecule has 0 amide bonds. The average molecular weight is 730 g/mol. The maximum Gasteiger partial charge on any atom is 0.0468 e. The molecule has 11 rings (SSSR count). The van der Waals surface area contributed by atoms with E-state index in [9.17, 15) is 0 Å². The second-order valence-corrected chi connectivity index (χ2v) is 15.6. The van der Waals surface area contributed by atoms with Crippen molar-refractivity contribution in [2.45, 2.75) is 0 Å².